The largest absolute Gasteiger partial charge is 0.491 e. The van der Waals surface area contributed by atoms with Crippen molar-refractivity contribution in [3.05, 3.63) is 65.9 Å². The van der Waals surface area contributed by atoms with E-state index in [0.29, 0.717) is 25.3 Å². The van der Waals surface area contributed by atoms with Gasteiger partial charge in [0, 0.05) is 42.5 Å². The van der Waals surface area contributed by atoms with Gasteiger partial charge in [-0.05, 0) is 73.8 Å². The van der Waals surface area contributed by atoms with Gasteiger partial charge in [-0.1, -0.05) is 30.7 Å². The Morgan fingerprint density at radius 1 is 1.00 bits per heavy atom. The lowest BCUT2D eigenvalue weighted by molar-refractivity contribution is 0.0319. The minimum absolute atomic E-state index is 0.0141. The molecule has 4 heterocycles. The molecule has 3 aromatic rings. The van der Waals surface area contributed by atoms with Gasteiger partial charge in [-0.3, -0.25) is 9.69 Å². The van der Waals surface area contributed by atoms with Gasteiger partial charge in [-0.15, -0.1) is 0 Å². The van der Waals surface area contributed by atoms with Crippen LogP contribution in [0.15, 0.2) is 54.7 Å². The quantitative estimate of drug-likeness (QED) is 0.592. The molecule has 0 atom stereocenters. The first-order valence-corrected chi connectivity index (χ1v) is 12.6. The van der Waals surface area contributed by atoms with Crippen LogP contribution in [0, 0.1) is 5.41 Å². The first-order chi connectivity index (χ1) is 16.7. The number of benzene rings is 2. The van der Waals surface area contributed by atoms with Crippen LogP contribution in [0.25, 0.3) is 10.9 Å². The summed E-state index contributed by atoms with van der Waals surface area (Å²) in [6, 6.07) is 16.1. The summed E-state index contributed by atoms with van der Waals surface area (Å²) in [5.41, 5.74) is 2.88. The Balaban J connectivity index is 1.36. The molecule has 1 saturated heterocycles. The number of ether oxygens (including phenoxy) is 1. The van der Waals surface area contributed by atoms with Gasteiger partial charge in [0.15, 0.2) is 0 Å². The van der Waals surface area contributed by atoms with Crippen molar-refractivity contribution < 1.29 is 14.6 Å². The normalized spacial score (nSPS) is 24.1. The lowest BCUT2D eigenvalue weighted by Crippen LogP contribution is -2.41. The van der Waals surface area contributed by atoms with E-state index in [2.05, 4.69) is 22.0 Å². The van der Waals surface area contributed by atoms with E-state index in [-0.39, 0.29) is 17.9 Å². The molecular formula is C28H35N3O3. The van der Waals surface area contributed by atoms with E-state index in [9.17, 15) is 9.90 Å². The fraction of sp³-hybridized carbons (Fsp3) is 0.464. The minimum Gasteiger partial charge on any atom is -0.491 e. The number of amides is 1. The monoisotopic (exact) mass is 461 g/mol. The SMILES string of the molecule is O=C(c1ccc2cc[nH]c2c1)N1CCCCC2(CO)CCN(CC2)Cc2ccccc2OCC1. The third kappa shape index (κ3) is 4.98. The summed E-state index contributed by atoms with van der Waals surface area (Å²) in [5, 5.41) is 11.3. The topological polar surface area (TPSA) is 68.8 Å². The average Bonchev–Trinajstić information content (AvgIpc) is 3.34. The zero-order valence-electron chi connectivity index (χ0n) is 19.8. The van der Waals surface area contributed by atoms with E-state index in [1.165, 1.54) is 5.56 Å². The highest BCUT2D eigenvalue weighted by Crippen LogP contribution is 2.37. The number of hydrogen-bond donors (Lipinski definition) is 2. The van der Waals surface area contributed by atoms with Gasteiger partial charge in [0.1, 0.15) is 12.4 Å². The highest BCUT2D eigenvalue weighted by Gasteiger charge is 2.34. The molecule has 0 aliphatic carbocycles. The molecule has 3 aliphatic rings. The van der Waals surface area contributed by atoms with E-state index >= 15 is 0 Å². The lowest BCUT2D eigenvalue weighted by Gasteiger charge is -2.41. The van der Waals surface area contributed by atoms with Crippen molar-refractivity contribution in [2.45, 2.75) is 38.6 Å². The van der Waals surface area contributed by atoms with Gasteiger partial charge < -0.3 is 19.7 Å². The number of H-pyrrole nitrogens is 1. The minimum atomic E-state index is 0.0141. The number of aliphatic hydroxyl groups is 1. The second-order valence-corrected chi connectivity index (χ2v) is 9.92. The molecule has 0 radical (unpaired) electrons. The maximum absolute atomic E-state index is 13.5. The van der Waals surface area contributed by atoms with Crippen LogP contribution in [0.1, 0.15) is 48.0 Å². The maximum atomic E-state index is 13.5. The van der Waals surface area contributed by atoms with Crippen LogP contribution in [0.4, 0.5) is 0 Å². The molecule has 34 heavy (non-hydrogen) atoms. The summed E-state index contributed by atoms with van der Waals surface area (Å²) in [5.74, 6) is 0.943. The molecule has 2 bridgehead atoms. The first kappa shape index (κ1) is 22.9. The van der Waals surface area contributed by atoms with Crippen LogP contribution in [0.2, 0.25) is 0 Å². The van der Waals surface area contributed by atoms with E-state index in [1.54, 1.807) is 0 Å². The predicted octanol–water partition coefficient (Wildman–Crippen LogP) is 4.45. The van der Waals surface area contributed by atoms with Crippen LogP contribution < -0.4 is 4.74 Å². The summed E-state index contributed by atoms with van der Waals surface area (Å²) in [4.78, 5) is 21.1. The Morgan fingerprint density at radius 3 is 2.71 bits per heavy atom. The van der Waals surface area contributed by atoms with Crippen molar-refractivity contribution in [1.82, 2.24) is 14.8 Å². The number of aromatic nitrogens is 1. The Morgan fingerprint density at radius 2 is 1.85 bits per heavy atom. The molecule has 1 aromatic heterocycles. The summed E-state index contributed by atoms with van der Waals surface area (Å²) >= 11 is 0. The second-order valence-electron chi connectivity index (χ2n) is 9.92. The van der Waals surface area contributed by atoms with Gasteiger partial charge in [0.2, 0.25) is 0 Å². The molecular weight excluding hydrogens is 426 g/mol. The maximum Gasteiger partial charge on any atom is 0.254 e. The van der Waals surface area contributed by atoms with E-state index in [0.717, 1.165) is 68.4 Å². The number of aromatic amines is 1. The lowest BCUT2D eigenvalue weighted by atomic mass is 9.75. The third-order valence-electron chi connectivity index (χ3n) is 7.71. The molecule has 180 valence electrons. The number of hydrogen-bond acceptors (Lipinski definition) is 4. The number of fused-ring (bicyclic) bond motifs is 10. The number of piperidine rings is 1. The average molecular weight is 462 g/mol. The third-order valence-corrected chi connectivity index (χ3v) is 7.71. The molecule has 0 unspecified atom stereocenters. The zero-order valence-corrected chi connectivity index (χ0v) is 19.8. The van der Waals surface area contributed by atoms with Crippen LogP contribution in [-0.4, -0.2) is 65.2 Å². The zero-order chi connectivity index (χ0) is 23.4. The molecule has 0 spiro atoms. The fourth-order valence-electron chi connectivity index (χ4n) is 5.44. The van der Waals surface area contributed by atoms with E-state index < -0.39 is 0 Å². The van der Waals surface area contributed by atoms with Gasteiger partial charge in [0.25, 0.3) is 5.91 Å². The summed E-state index contributed by atoms with van der Waals surface area (Å²) in [6.45, 7) is 4.82. The van der Waals surface area contributed by atoms with Gasteiger partial charge in [-0.25, -0.2) is 0 Å². The number of carbonyl (C=O) groups excluding carboxylic acids is 1. The number of nitrogens with zero attached hydrogens (tertiary/aromatic N) is 2. The van der Waals surface area contributed by atoms with Gasteiger partial charge >= 0.3 is 0 Å². The molecule has 3 aliphatic heterocycles. The molecule has 1 fully saturated rings. The van der Waals surface area contributed by atoms with Crippen molar-refractivity contribution in [3.8, 4) is 5.75 Å². The number of para-hydroxylation sites is 1. The number of rotatable bonds is 2. The van der Waals surface area contributed by atoms with Gasteiger partial charge in [-0.2, -0.15) is 0 Å². The Bertz CT molecular complexity index is 1120. The molecule has 2 aromatic carbocycles. The number of aliphatic hydroxyl groups excluding tert-OH is 1. The second kappa shape index (κ2) is 10.2. The van der Waals surface area contributed by atoms with E-state index in [1.807, 2.05) is 47.5 Å². The van der Waals surface area contributed by atoms with Crippen molar-refractivity contribution in [2.24, 2.45) is 5.41 Å². The number of nitrogens with one attached hydrogen (secondary N) is 1. The first-order valence-electron chi connectivity index (χ1n) is 12.6. The Kier molecular flexibility index (Phi) is 6.88. The Hall–Kier alpha value is -2.83. The summed E-state index contributed by atoms with van der Waals surface area (Å²) in [6.07, 6.45) is 6.90. The predicted molar refractivity (Wildman–Crippen MR) is 134 cm³/mol. The molecule has 6 heteroatoms. The van der Waals surface area contributed by atoms with Crippen LogP contribution in [0.5, 0.6) is 5.75 Å². The van der Waals surface area contributed by atoms with Crippen molar-refractivity contribution in [1.29, 1.82) is 0 Å². The van der Waals surface area contributed by atoms with Crippen molar-refractivity contribution in [3.63, 3.8) is 0 Å². The van der Waals surface area contributed by atoms with Crippen LogP contribution in [-0.2, 0) is 6.54 Å². The molecule has 2 N–H and O–H groups in total. The van der Waals surface area contributed by atoms with Crippen LogP contribution >= 0.6 is 0 Å². The fourth-order valence-corrected chi connectivity index (χ4v) is 5.44. The standard InChI is InChI=1S/C28H35N3O3/c32-21-28-10-3-4-14-31(27(33)23-8-7-22-9-13-29-25(22)19-23)17-18-34-26-6-2-1-5-24(26)20-30(15-11-28)16-12-28/h1-2,5-9,13,19,29,32H,3-4,10-12,14-18,20-21H2. The van der Waals surface area contributed by atoms with E-state index in [4.69, 9.17) is 4.74 Å². The molecule has 1 amide bonds. The van der Waals surface area contributed by atoms with Crippen molar-refractivity contribution >= 4 is 16.8 Å². The van der Waals surface area contributed by atoms with Gasteiger partial charge in [0.05, 0.1) is 6.54 Å². The van der Waals surface area contributed by atoms with Crippen LogP contribution in [0.3, 0.4) is 0 Å². The molecule has 6 nitrogen and oxygen atoms in total. The summed E-state index contributed by atoms with van der Waals surface area (Å²) in [7, 11) is 0. The molecule has 6 rings (SSSR count). The highest BCUT2D eigenvalue weighted by atomic mass is 16.5. The van der Waals surface area contributed by atoms with Crippen molar-refractivity contribution in [2.75, 3.05) is 39.4 Å². The summed E-state index contributed by atoms with van der Waals surface area (Å²) < 4.78 is 6.22. The smallest absolute Gasteiger partial charge is 0.254 e. The number of carbonyl (C=O) groups is 1. The molecule has 0 saturated carbocycles. The highest BCUT2D eigenvalue weighted by molar-refractivity contribution is 5.97. The Labute approximate surface area is 201 Å².